The zero-order valence-corrected chi connectivity index (χ0v) is 16.0. The van der Waals surface area contributed by atoms with Crippen molar-refractivity contribution < 1.29 is 4.74 Å². The van der Waals surface area contributed by atoms with Gasteiger partial charge in [0.1, 0.15) is 0 Å². The maximum Gasteiger partial charge on any atom is 0.193 e. The van der Waals surface area contributed by atoms with Crippen LogP contribution in [0, 0.1) is 0 Å². The van der Waals surface area contributed by atoms with Gasteiger partial charge in [-0.25, -0.2) is 0 Å². The molecule has 0 aromatic heterocycles. The highest BCUT2D eigenvalue weighted by atomic mass is 16.5. The first-order valence-electron chi connectivity index (χ1n) is 9.43. The van der Waals surface area contributed by atoms with Crippen LogP contribution in [-0.2, 0) is 17.6 Å². The van der Waals surface area contributed by atoms with E-state index in [0.717, 1.165) is 18.8 Å². The van der Waals surface area contributed by atoms with Crippen LogP contribution in [0.3, 0.4) is 0 Å². The number of nitrogens with one attached hydrogen (secondary N) is 1. The summed E-state index contributed by atoms with van der Waals surface area (Å²) in [5.41, 5.74) is 10.0. The van der Waals surface area contributed by atoms with E-state index in [1.807, 2.05) is 0 Å². The summed E-state index contributed by atoms with van der Waals surface area (Å²) < 4.78 is 5.84. The van der Waals surface area contributed by atoms with E-state index < -0.39 is 0 Å². The monoisotopic (exact) mass is 344 g/mol. The Balaban J connectivity index is 1.60. The molecule has 0 saturated carbocycles. The molecule has 5 nitrogen and oxygen atoms in total. The van der Waals surface area contributed by atoms with E-state index in [-0.39, 0.29) is 17.7 Å². The van der Waals surface area contributed by atoms with Crippen LogP contribution in [-0.4, -0.2) is 48.2 Å². The summed E-state index contributed by atoms with van der Waals surface area (Å²) >= 11 is 0. The second-order valence-corrected chi connectivity index (χ2v) is 8.14. The molecule has 1 aliphatic heterocycles. The standard InChI is InChI=1S/C20H32N4O/c1-14-11-24(12-15(2)25-14)20(3,4)13-22-19(21)23-18-9-8-16-6-5-7-17(16)10-18/h8-10,14-15H,5-7,11-13H2,1-4H3,(H3,21,22,23). The highest BCUT2D eigenvalue weighted by Gasteiger charge is 2.33. The number of nitrogens with two attached hydrogens (primary N) is 1. The molecular weight excluding hydrogens is 312 g/mol. The second-order valence-electron chi connectivity index (χ2n) is 8.14. The molecule has 1 heterocycles. The molecule has 1 aliphatic carbocycles. The smallest absolute Gasteiger partial charge is 0.193 e. The van der Waals surface area contributed by atoms with Gasteiger partial charge >= 0.3 is 0 Å². The Morgan fingerprint density at radius 3 is 2.64 bits per heavy atom. The third kappa shape index (κ3) is 4.53. The average Bonchev–Trinajstić information content (AvgIpc) is 3.00. The molecule has 0 amide bonds. The fourth-order valence-electron chi connectivity index (χ4n) is 3.89. The third-order valence-electron chi connectivity index (χ3n) is 5.28. The van der Waals surface area contributed by atoms with Crippen LogP contribution in [0.4, 0.5) is 5.69 Å². The molecule has 5 heteroatoms. The zero-order chi connectivity index (χ0) is 18.0. The van der Waals surface area contributed by atoms with Crippen molar-refractivity contribution >= 4 is 11.6 Å². The Kier molecular flexibility index (Phi) is 5.35. The van der Waals surface area contributed by atoms with Crippen molar-refractivity contribution in [1.29, 1.82) is 0 Å². The number of guanidine groups is 1. The van der Waals surface area contributed by atoms with Crippen molar-refractivity contribution in [2.24, 2.45) is 10.7 Å². The largest absolute Gasteiger partial charge is 0.373 e. The summed E-state index contributed by atoms with van der Waals surface area (Å²) in [6.07, 6.45) is 4.14. The van der Waals surface area contributed by atoms with Crippen molar-refractivity contribution in [2.45, 2.75) is 64.7 Å². The second kappa shape index (κ2) is 7.34. The lowest BCUT2D eigenvalue weighted by Gasteiger charge is -2.44. The van der Waals surface area contributed by atoms with E-state index >= 15 is 0 Å². The van der Waals surface area contributed by atoms with Crippen molar-refractivity contribution in [3.63, 3.8) is 0 Å². The molecule has 138 valence electrons. The molecule has 3 rings (SSSR count). The van der Waals surface area contributed by atoms with Crippen LogP contribution >= 0.6 is 0 Å². The van der Waals surface area contributed by atoms with Gasteiger partial charge in [0, 0.05) is 24.3 Å². The van der Waals surface area contributed by atoms with Crippen molar-refractivity contribution in [2.75, 3.05) is 25.0 Å². The van der Waals surface area contributed by atoms with Crippen molar-refractivity contribution in [1.82, 2.24) is 4.90 Å². The van der Waals surface area contributed by atoms with E-state index in [1.54, 1.807) is 0 Å². The Morgan fingerprint density at radius 1 is 1.24 bits per heavy atom. The zero-order valence-electron chi connectivity index (χ0n) is 16.0. The van der Waals surface area contributed by atoms with Gasteiger partial charge in [0.2, 0.25) is 0 Å². The first-order chi connectivity index (χ1) is 11.8. The first-order valence-corrected chi connectivity index (χ1v) is 9.43. The number of hydrogen-bond acceptors (Lipinski definition) is 3. The topological polar surface area (TPSA) is 62.9 Å². The molecule has 1 fully saturated rings. The summed E-state index contributed by atoms with van der Waals surface area (Å²) in [5, 5.41) is 3.25. The number of rotatable bonds is 4. The van der Waals surface area contributed by atoms with Crippen molar-refractivity contribution in [3.8, 4) is 0 Å². The highest BCUT2D eigenvalue weighted by Crippen LogP contribution is 2.25. The number of nitrogens with zero attached hydrogens (tertiary/aromatic N) is 2. The van der Waals surface area contributed by atoms with Crippen LogP contribution < -0.4 is 11.1 Å². The quantitative estimate of drug-likeness (QED) is 0.651. The van der Waals surface area contributed by atoms with Crippen LogP contribution in [0.5, 0.6) is 0 Å². The third-order valence-corrected chi connectivity index (χ3v) is 5.28. The molecule has 2 aliphatic rings. The molecule has 2 unspecified atom stereocenters. The predicted molar refractivity (Wildman–Crippen MR) is 104 cm³/mol. The minimum Gasteiger partial charge on any atom is -0.373 e. The summed E-state index contributed by atoms with van der Waals surface area (Å²) in [4.78, 5) is 7.07. The molecule has 1 aromatic rings. The summed E-state index contributed by atoms with van der Waals surface area (Å²) in [7, 11) is 0. The molecular formula is C20H32N4O. The van der Waals surface area contributed by atoms with E-state index in [2.05, 4.69) is 61.1 Å². The number of morpholine rings is 1. The van der Waals surface area contributed by atoms with Gasteiger partial charge in [-0.3, -0.25) is 9.89 Å². The number of benzene rings is 1. The fraction of sp³-hybridized carbons (Fsp3) is 0.650. The number of ether oxygens (including phenoxy) is 1. The van der Waals surface area contributed by atoms with Gasteiger partial charge in [-0.15, -0.1) is 0 Å². The van der Waals surface area contributed by atoms with Gasteiger partial charge in [-0.05, 0) is 70.2 Å². The lowest BCUT2D eigenvalue weighted by atomic mass is 10.0. The van der Waals surface area contributed by atoms with E-state index in [1.165, 1.54) is 30.4 Å². The molecule has 1 saturated heterocycles. The van der Waals surface area contributed by atoms with E-state index in [0.29, 0.717) is 12.5 Å². The van der Waals surface area contributed by atoms with Crippen molar-refractivity contribution in [3.05, 3.63) is 29.3 Å². The van der Waals surface area contributed by atoms with Gasteiger partial charge in [-0.2, -0.15) is 0 Å². The molecule has 0 bridgehead atoms. The Hall–Kier alpha value is -1.59. The Bertz CT molecular complexity index is 631. The Labute approximate surface area is 151 Å². The van der Waals surface area contributed by atoms with Gasteiger partial charge in [-0.1, -0.05) is 6.07 Å². The normalized spacial score (nSPS) is 25.0. The predicted octanol–water partition coefficient (Wildman–Crippen LogP) is 2.79. The lowest BCUT2D eigenvalue weighted by molar-refractivity contribution is -0.0939. The number of anilines is 1. The van der Waals surface area contributed by atoms with Gasteiger partial charge < -0.3 is 15.8 Å². The molecule has 1 aromatic carbocycles. The SMILES string of the molecule is CC1CN(C(C)(C)CN=C(N)Nc2ccc3c(c2)CCC3)CC(C)O1. The van der Waals surface area contributed by atoms with Gasteiger partial charge in [0.15, 0.2) is 5.96 Å². The van der Waals surface area contributed by atoms with Crippen LogP contribution in [0.25, 0.3) is 0 Å². The average molecular weight is 345 g/mol. The molecule has 0 spiro atoms. The van der Waals surface area contributed by atoms with E-state index in [9.17, 15) is 0 Å². The molecule has 3 N–H and O–H groups in total. The Morgan fingerprint density at radius 2 is 1.92 bits per heavy atom. The number of aryl methyl sites for hydroxylation is 2. The first kappa shape index (κ1) is 18.2. The van der Waals surface area contributed by atoms with Gasteiger partial charge in [0.25, 0.3) is 0 Å². The highest BCUT2D eigenvalue weighted by molar-refractivity contribution is 5.92. The summed E-state index contributed by atoms with van der Waals surface area (Å²) in [5.74, 6) is 0.486. The van der Waals surface area contributed by atoms with Crippen LogP contribution in [0.2, 0.25) is 0 Å². The molecule has 25 heavy (non-hydrogen) atoms. The molecule has 2 atom stereocenters. The van der Waals surface area contributed by atoms with Crippen LogP contribution in [0.1, 0.15) is 45.2 Å². The number of hydrogen-bond donors (Lipinski definition) is 2. The number of fused-ring (bicyclic) bond motifs is 1. The minimum absolute atomic E-state index is 0.0451. The summed E-state index contributed by atoms with van der Waals surface area (Å²) in [6, 6.07) is 6.52. The lowest BCUT2D eigenvalue weighted by Crippen LogP contribution is -2.56. The fourth-order valence-corrected chi connectivity index (χ4v) is 3.89. The molecule has 0 radical (unpaired) electrons. The van der Waals surface area contributed by atoms with Crippen LogP contribution in [0.15, 0.2) is 23.2 Å². The minimum atomic E-state index is -0.0451. The number of aliphatic imine (C=N–C) groups is 1. The maximum absolute atomic E-state index is 6.14. The maximum atomic E-state index is 6.14. The van der Waals surface area contributed by atoms with Gasteiger partial charge in [0.05, 0.1) is 18.8 Å². The summed E-state index contributed by atoms with van der Waals surface area (Å²) in [6.45, 7) is 11.2. The van der Waals surface area contributed by atoms with E-state index in [4.69, 9.17) is 10.5 Å².